The summed E-state index contributed by atoms with van der Waals surface area (Å²) in [5, 5.41) is 10.8. The number of carbonyl (C=O) groups excluding carboxylic acids is 1. The van der Waals surface area contributed by atoms with Crippen molar-refractivity contribution in [2.45, 2.75) is 26.4 Å². The van der Waals surface area contributed by atoms with E-state index in [0.717, 1.165) is 10.6 Å². The molecule has 134 valence electrons. The third-order valence-corrected chi connectivity index (χ3v) is 3.65. The first-order valence-corrected chi connectivity index (χ1v) is 7.89. The lowest BCUT2D eigenvalue weighted by Gasteiger charge is -2.07. The number of rotatable bonds is 4. The molecule has 0 amide bonds. The smallest absolute Gasteiger partial charge is 0.407 e. The van der Waals surface area contributed by atoms with Crippen LogP contribution in [0.15, 0.2) is 56.8 Å². The van der Waals surface area contributed by atoms with Gasteiger partial charge in [0.15, 0.2) is 5.58 Å². The first-order valence-electron chi connectivity index (χ1n) is 7.89. The predicted molar refractivity (Wildman–Crippen MR) is 92.9 cm³/mol. The normalized spacial score (nSPS) is 12.0. The molecule has 0 aliphatic heterocycles. The lowest BCUT2D eigenvalue weighted by atomic mass is 10.3. The van der Waals surface area contributed by atoms with Gasteiger partial charge in [0.1, 0.15) is 12.0 Å². The van der Waals surface area contributed by atoms with Crippen molar-refractivity contribution in [3.8, 4) is 0 Å². The van der Waals surface area contributed by atoms with E-state index in [1.807, 2.05) is 13.8 Å². The van der Waals surface area contributed by atoms with E-state index in [1.54, 1.807) is 24.4 Å². The van der Waals surface area contributed by atoms with Gasteiger partial charge in [0, 0.05) is 18.3 Å². The minimum atomic E-state index is -0.757. The van der Waals surface area contributed by atoms with Crippen molar-refractivity contribution in [3.05, 3.63) is 68.7 Å². The van der Waals surface area contributed by atoms with Gasteiger partial charge in [0.25, 0.3) is 11.6 Å². The molecule has 0 aliphatic carbocycles. The summed E-state index contributed by atoms with van der Waals surface area (Å²) < 4.78 is 7.54. The minimum Gasteiger partial charge on any atom is -0.407 e. The average Bonchev–Trinajstić information content (AvgIpc) is 2.89. The average molecular weight is 356 g/mol. The molecule has 0 unspecified atom stereocenters. The van der Waals surface area contributed by atoms with E-state index in [1.165, 1.54) is 16.7 Å². The number of oxazole rings is 1. The SMILES string of the molecule is CC(C)N=c1ccccn1C(=O)Cn1c(=O)oc2cc([N+](=O)[O-])ccc21. The Hall–Kier alpha value is -3.49. The van der Waals surface area contributed by atoms with Crippen LogP contribution in [0.25, 0.3) is 11.1 Å². The maximum atomic E-state index is 12.7. The molecule has 0 saturated heterocycles. The third kappa shape index (κ3) is 3.32. The van der Waals surface area contributed by atoms with Gasteiger partial charge in [-0.1, -0.05) is 6.07 Å². The molecule has 9 nitrogen and oxygen atoms in total. The molecule has 9 heteroatoms. The van der Waals surface area contributed by atoms with Crippen LogP contribution in [0.3, 0.4) is 0 Å². The fourth-order valence-electron chi connectivity index (χ4n) is 2.54. The van der Waals surface area contributed by atoms with Crippen LogP contribution in [-0.2, 0) is 6.54 Å². The van der Waals surface area contributed by atoms with Gasteiger partial charge in [-0.25, -0.2) is 4.79 Å². The Bertz CT molecular complexity index is 1120. The Balaban J connectivity index is 2.02. The number of hydrogen-bond acceptors (Lipinski definition) is 6. The quantitative estimate of drug-likeness (QED) is 0.524. The van der Waals surface area contributed by atoms with E-state index >= 15 is 0 Å². The summed E-state index contributed by atoms with van der Waals surface area (Å²) in [7, 11) is 0. The molecular formula is C17H16N4O5. The van der Waals surface area contributed by atoms with E-state index in [9.17, 15) is 19.7 Å². The van der Waals surface area contributed by atoms with E-state index in [2.05, 4.69) is 4.99 Å². The summed E-state index contributed by atoms with van der Waals surface area (Å²) in [4.78, 5) is 39.4. The summed E-state index contributed by atoms with van der Waals surface area (Å²) in [6, 6.07) is 8.97. The van der Waals surface area contributed by atoms with Crippen LogP contribution in [0, 0.1) is 10.1 Å². The molecule has 0 spiro atoms. The van der Waals surface area contributed by atoms with E-state index in [0.29, 0.717) is 11.0 Å². The van der Waals surface area contributed by atoms with Crippen LogP contribution in [0.1, 0.15) is 18.6 Å². The van der Waals surface area contributed by atoms with Crippen molar-refractivity contribution in [1.29, 1.82) is 0 Å². The van der Waals surface area contributed by atoms with Crippen molar-refractivity contribution >= 4 is 22.7 Å². The Labute approximate surface area is 147 Å². The molecular weight excluding hydrogens is 340 g/mol. The van der Waals surface area contributed by atoms with Gasteiger partial charge < -0.3 is 4.42 Å². The highest BCUT2D eigenvalue weighted by molar-refractivity contribution is 5.82. The number of non-ortho nitro benzene ring substituents is 1. The van der Waals surface area contributed by atoms with E-state index < -0.39 is 10.7 Å². The highest BCUT2D eigenvalue weighted by atomic mass is 16.6. The van der Waals surface area contributed by atoms with Crippen LogP contribution in [0.2, 0.25) is 0 Å². The number of benzene rings is 1. The highest BCUT2D eigenvalue weighted by Crippen LogP contribution is 2.20. The molecule has 1 aromatic carbocycles. The number of nitrogens with zero attached hydrogens (tertiary/aromatic N) is 4. The maximum absolute atomic E-state index is 12.7. The lowest BCUT2D eigenvalue weighted by molar-refractivity contribution is -0.384. The molecule has 2 heterocycles. The van der Waals surface area contributed by atoms with Crippen molar-refractivity contribution in [2.75, 3.05) is 0 Å². The molecule has 0 saturated carbocycles. The van der Waals surface area contributed by atoms with Crippen LogP contribution < -0.4 is 11.2 Å². The Morgan fingerprint density at radius 3 is 2.77 bits per heavy atom. The molecule has 0 radical (unpaired) electrons. The second-order valence-corrected chi connectivity index (χ2v) is 5.91. The lowest BCUT2D eigenvalue weighted by Crippen LogP contribution is -2.32. The highest BCUT2D eigenvalue weighted by Gasteiger charge is 2.17. The number of nitro benzene ring substituents is 1. The number of carbonyl (C=O) groups is 1. The zero-order valence-electron chi connectivity index (χ0n) is 14.2. The molecule has 0 aliphatic rings. The summed E-state index contributed by atoms with van der Waals surface area (Å²) in [6.45, 7) is 3.50. The topological polar surface area (TPSA) is 113 Å². The zero-order chi connectivity index (χ0) is 18.8. The molecule has 0 fully saturated rings. The van der Waals surface area contributed by atoms with Crippen LogP contribution in [0.4, 0.5) is 5.69 Å². The van der Waals surface area contributed by atoms with Crippen molar-refractivity contribution < 1.29 is 14.1 Å². The molecule has 0 N–H and O–H groups in total. The van der Waals surface area contributed by atoms with Gasteiger partial charge in [-0.2, -0.15) is 0 Å². The Kier molecular flexibility index (Phi) is 4.53. The van der Waals surface area contributed by atoms with Crippen LogP contribution >= 0.6 is 0 Å². The standard InChI is InChI=1S/C17H16N4O5/c1-11(2)18-15-5-3-4-8-19(15)16(22)10-20-13-7-6-12(21(24)25)9-14(13)26-17(20)23/h3-9,11H,10H2,1-2H3. The second kappa shape index (κ2) is 6.79. The molecule has 0 bridgehead atoms. The van der Waals surface area contributed by atoms with E-state index in [-0.39, 0.29) is 29.8 Å². The summed E-state index contributed by atoms with van der Waals surface area (Å²) in [5.74, 6) is -1.14. The Morgan fingerprint density at radius 1 is 1.31 bits per heavy atom. The van der Waals surface area contributed by atoms with Gasteiger partial charge >= 0.3 is 5.76 Å². The summed E-state index contributed by atoms with van der Waals surface area (Å²) >= 11 is 0. The third-order valence-electron chi connectivity index (χ3n) is 3.65. The molecule has 3 aromatic rings. The Morgan fingerprint density at radius 2 is 2.08 bits per heavy atom. The fourth-order valence-corrected chi connectivity index (χ4v) is 2.54. The fraction of sp³-hybridized carbons (Fsp3) is 0.235. The van der Waals surface area contributed by atoms with Crippen LogP contribution in [0.5, 0.6) is 0 Å². The molecule has 2 aromatic heterocycles. The van der Waals surface area contributed by atoms with E-state index in [4.69, 9.17) is 4.42 Å². The second-order valence-electron chi connectivity index (χ2n) is 5.91. The van der Waals surface area contributed by atoms with Crippen molar-refractivity contribution in [2.24, 2.45) is 4.99 Å². The molecule has 3 rings (SSSR count). The number of aromatic nitrogens is 2. The summed E-state index contributed by atoms with van der Waals surface area (Å²) in [6.07, 6.45) is 1.57. The van der Waals surface area contributed by atoms with Crippen molar-refractivity contribution in [1.82, 2.24) is 9.13 Å². The number of hydrogen-bond donors (Lipinski definition) is 0. The van der Waals surface area contributed by atoms with Gasteiger partial charge in [-0.05, 0) is 32.0 Å². The monoisotopic (exact) mass is 356 g/mol. The zero-order valence-corrected chi connectivity index (χ0v) is 14.2. The van der Waals surface area contributed by atoms with Gasteiger partial charge in [0.05, 0.1) is 16.5 Å². The number of pyridine rings is 1. The first kappa shape index (κ1) is 17.3. The van der Waals surface area contributed by atoms with Gasteiger partial charge in [-0.3, -0.25) is 29.0 Å². The van der Waals surface area contributed by atoms with Crippen LogP contribution in [-0.4, -0.2) is 26.0 Å². The predicted octanol–water partition coefficient (Wildman–Crippen LogP) is 1.95. The first-order chi connectivity index (χ1) is 12.4. The van der Waals surface area contributed by atoms with Gasteiger partial charge in [-0.15, -0.1) is 0 Å². The van der Waals surface area contributed by atoms with Gasteiger partial charge in [0.2, 0.25) is 0 Å². The number of fused-ring (bicyclic) bond motifs is 1. The number of nitro groups is 1. The molecule has 26 heavy (non-hydrogen) atoms. The largest absolute Gasteiger partial charge is 0.420 e. The molecule has 0 atom stereocenters. The maximum Gasteiger partial charge on any atom is 0.420 e. The minimum absolute atomic E-state index is 0.00511. The summed E-state index contributed by atoms with van der Waals surface area (Å²) in [5.41, 5.74) is 0.652. The van der Waals surface area contributed by atoms with Crippen molar-refractivity contribution in [3.63, 3.8) is 0 Å².